The van der Waals surface area contributed by atoms with E-state index in [9.17, 15) is 14.7 Å². The number of carbonyl (C=O) groups excluding carboxylic acids is 1. The summed E-state index contributed by atoms with van der Waals surface area (Å²) >= 11 is 0. The second-order valence-corrected chi connectivity index (χ2v) is 8.37. The Balaban J connectivity index is 2.57. The molecule has 150 valence electrons. The molecule has 3 atom stereocenters. The van der Waals surface area contributed by atoms with Crippen LogP contribution in [0.3, 0.4) is 0 Å². The van der Waals surface area contributed by atoms with Gasteiger partial charge in [0.1, 0.15) is 5.78 Å². The van der Waals surface area contributed by atoms with Gasteiger partial charge < -0.3 is 10.2 Å². The van der Waals surface area contributed by atoms with Gasteiger partial charge in [-0.1, -0.05) is 65.0 Å². The van der Waals surface area contributed by atoms with E-state index in [2.05, 4.69) is 26.0 Å². The van der Waals surface area contributed by atoms with Crippen molar-refractivity contribution in [2.24, 2.45) is 10.8 Å². The summed E-state index contributed by atoms with van der Waals surface area (Å²) in [5.74, 6) is -0.568. The van der Waals surface area contributed by atoms with Crippen molar-refractivity contribution in [1.82, 2.24) is 0 Å². The number of rotatable bonds is 13. The largest absolute Gasteiger partial charge is 0.481 e. The van der Waals surface area contributed by atoms with Gasteiger partial charge in [0.25, 0.3) is 0 Å². The van der Waals surface area contributed by atoms with Crippen molar-refractivity contribution in [3.63, 3.8) is 0 Å². The molecule has 26 heavy (non-hydrogen) atoms. The number of allylic oxidation sites excluding steroid dienone is 2. The van der Waals surface area contributed by atoms with Gasteiger partial charge in [-0.05, 0) is 32.1 Å². The number of unbranched alkanes of at least 4 members (excludes halogenated alkanes) is 6. The molecule has 4 nitrogen and oxygen atoms in total. The Morgan fingerprint density at radius 3 is 2.46 bits per heavy atom. The number of carbonyl (C=O) groups is 2. The smallest absolute Gasteiger partial charge is 0.303 e. The zero-order valence-corrected chi connectivity index (χ0v) is 16.9. The van der Waals surface area contributed by atoms with E-state index in [0.29, 0.717) is 6.42 Å². The topological polar surface area (TPSA) is 74.6 Å². The lowest BCUT2D eigenvalue weighted by atomic mass is 9.62. The number of aliphatic hydroxyl groups excluding tert-OH is 1. The van der Waals surface area contributed by atoms with Crippen LogP contribution in [0, 0.1) is 10.8 Å². The van der Waals surface area contributed by atoms with Crippen LogP contribution in [-0.4, -0.2) is 28.1 Å². The first-order valence-corrected chi connectivity index (χ1v) is 10.4. The Morgan fingerprint density at radius 2 is 1.81 bits per heavy atom. The lowest BCUT2D eigenvalue weighted by Gasteiger charge is -2.41. The second kappa shape index (κ2) is 10.9. The molecule has 0 aromatic heterocycles. The average Bonchev–Trinajstić information content (AvgIpc) is 2.75. The SMILES string of the molecule is CCCCC/C=C/C[C@@]1(C)[C@H](O)CC(=O)[C@]1(C)CCCCCCC(=O)O. The fraction of sp³-hybridized carbons (Fsp3) is 0.818. The molecule has 0 unspecified atom stereocenters. The van der Waals surface area contributed by atoms with Crippen LogP contribution in [0.4, 0.5) is 0 Å². The average molecular weight is 367 g/mol. The fourth-order valence-corrected chi connectivity index (χ4v) is 4.17. The molecule has 4 heteroatoms. The number of carboxylic acids is 1. The third-order valence-corrected chi connectivity index (χ3v) is 6.49. The van der Waals surface area contributed by atoms with Crippen molar-refractivity contribution >= 4 is 11.8 Å². The van der Waals surface area contributed by atoms with Gasteiger partial charge in [0.05, 0.1) is 6.10 Å². The van der Waals surface area contributed by atoms with Gasteiger partial charge in [-0.2, -0.15) is 0 Å². The second-order valence-electron chi connectivity index (χ2n) is 8.37. The van der Waals surface area contributed by atoms with Crippen LogP contribution in [0.2, 0.25) is 0 Å². The maximum absolute atomic E-state index is 12.6. The van der Waals surface area contributed by atoms with Crippen molar-refractivity contribution in [3.05, 3.63) is 12.2 Å². The van der Waals surface area contributed by atoms with Gasteiger partial charge in [0, 0.05) is 23.7 Å². The number of aliphatic hydroxyl groups is 1. The predicted molar refractivity (Wildman–Crippen MR) is 105 cm³/mol. The van der Waals surface area contributed by atoms with Crippen LogP contribution in [0.25, 0.3) is 0 Å². The highest BCUT2D eigenvalue weighted by molar-refractivity contribution is 5.88. The van der Waals surface area contributed by atoms with Crippen molar-refractivity contribution in [2.45, 2.75) is 104 Å². The van der Waals surface area contributed by atoms with E-state index in [1.807, 2.05) is 6.92 Å². The molecule has 0 aliphatic heterocycles. The number of hydrogen-bond donors (Lipinski definition) is 2. The summed E-state index contributed by atoms with van der Waals surface area (Å²) in [5.41, 5.74) is -0.903. The molecule has 1 aliphatic carbocycles. The lowest BCUT2D eigenvalue weighted by Crippen LogP contribution is -2.41. The normalized spacial score (nSPS) is 28.9. The van der Waals surface area contributed by atoms with Crippen molar-refractivity contribution in [2.75, 3.05) is 0 Å². The van der Waals surface area contributed by atoms with Gasteiger partial charge in [0.15, 0.2) is 0 Å². The maximum atomic E-state index is 12.6. The van der Waals surface area contributed by atoms with Crippen molar-refractivity contribution in [1.29, 1.82) is 0 Å². The Labute approximate surface area is 159 Å². The van der Waals surface area contributed by atoms with Crippen molar-refractivity contribution < 1.29 is 19.8 Å². The number of ketones is 1. The fourth-order valence-electron chi connectivity index (χ4n) is 4.17. The summed E-state index contributed by atoms with van der Waals surface area (Å²) in [7, 11) is 0. The maximum Gasteiger partial charge on any atom is 0.303 e. The van der Waals surface area contributed by atoms with E-state index in [0.717, 1.165) is 38.5 Å². The summed E-state index contributed by atoms with van der Waals surface area (Å²) in [6.07, 6.45) is 13.9. The van der Waals surface area contributed by atoms with E-state index in [1.54, 1.807) is 0 Å². The van der Waals surface area contributed by atoms with E-state index < -0.39 is 22.9 Å². The summed E-state index contributed by atoms with van der Waals surface area (Å²) in [5, 5.41) is 19.3. The molecule has 1 saturated carbocycles. The van der Waals surface area contributed by atoms with Crippen LogP contribution in [0.5, 0.6) is 0 Å². The van der Waals surface area contributed by atoms with E-state index in [1.165, 1.54) is 19.3 Å². The molecule has 1 fully saturated rings. The minimum absolute atomic E-state index is 0.178. The van der Waals surface area contributed by atoms with Crippen LogP contribution in [0.15, 0.2) is 12.2 Å². The minimum Gasteiger partial charge on any atom is -0.481 e. The Hall–Kier alpha value is -1.16. The Morgan fingerprint density at radius 1 is 1.12 bits per heavy atom. The van der Waals surface area contributed by atoms with Crippen LogP contribution in [-0.2, 0) is 9.59 Å². The summed E-state index contributed by atoms with van der Waals surface area (Å²) in [6, 6.07) is 0. The zero-order chi connectivity index (χ0) is 19.6. The Kier molecular flexibility index (Phi) is 9.56. The monoisotopic (exact) mass is 366 g/mol. The molecule has 0 bridgehead atoms. The van der Waals surface area contributed by atoms with Crippen LogP contribution in [0.1, 0.15) is 97.8 Å². The van der Waals surface area contributed by atoms with Crippen LogP contribution >= 0.6 is 0 Å². The third-order valence-electron chi connectivity index (χ3n) is 6.49. The number of carboxylic acid groups (broad SMARTS) is 1. The molecular weight excluding hydrogens is 328 g/mol. The van der Waals surface area contributed by atoms with E-state index >= 15 is 0 Å². The molecule has 0 aromatic carbocycles. The summed E-state index contributed by atoms with van der Waals surface area (Å²) in [6.45, 7) is 6.27. The molecule has 0 saturated heterocycles. The highest BCUT2D eigenvalue weighted by atomic mass is 16.4. The van der Waals surface area contributed by atoms with E-state index in [-0.39, 0.29) is 18.6 Å². The van der Waals surface area contributed by atoms with Crippen LogP contribution < -0.4 is 0 Å². The van der Waals surface area contributed by atoms with Gasteiger partial charge >= 0.3 is 5.97 Å². The summed E-state index contributed by atoms with van der Waals surface area (Å²) < 4.78 is 0. The lowest BCUT2D eigenvalue weighted by molar-refractivity contribution is -0.137. The number of hydrogen-bond acceptors (Lipinski definition) is 3. The number of aliphatic carboxylic acids is 1. The Bertz CT molecular complexity index is 485. The molecule has 0 aromatic rings. The first kappa shape index (κ1) is 22.9. The number of Topliss-reactive ketones (excluding diaryl/α,β-unsaturated/α-hetero) is 1. The molecule has 1 rings (SSSR count). The van der Waals surface area contributed by atoms with Crippen molar-refractivity contribution in [3.8, 4) is 0 Å². The molecule has 0 heterocycles. The first-order valence-electron chi connectivity index (χ1n) is 10.4. The predicted octanol–water partition coefficient (Wildman–Crippen LogP) is 5.28. The molecular formula is C22H38O4. The van der Waals surface area contributed by atoms with Gasteiger partial charge in [0.2, 0.25) is 0 Å². The summed E-state index contributed by atoms with van der Waals surface area (Å²) in [4.78, 5) is 23.2. The molecule has 0 amide bonds. The van der Waals surface area contributed by atoms with Gasteiger partial charge in [-0.3, -0.25) is 9.59 Å². The van der Waals surface area contributed by atoms with E-state index in [4.69, 9.17) is 5.11 Å². The van der Waals surface area contributed by atoms with Gasteiger partial charge in [-0.25, -0.2) is 0 Å². The molecule has 2 N–H and O–H groups in total. The third kappa shape index (κ3) is 5.94. The molecule has 0 radical (unpaired) electrons. The minimum atomic E-state index is -0.746. The molecule has 0 spiro atoms. The zero-order valence-electron chi connectivity index (χ0n) is 16.9. The quantitative estimate of drug-likeness (QED) is 0.343. The molecule has 1 aliphatic rings. The highest BCUT2D eigenvalue weighted by Crippen LogP contribution is 2.55. The highest BCUT2D eigenvalue weighted by Gasteiger charge is 2.58. The standard InChI is InChI=1S/C22H38O4/c1-4-5-6-7-9-12-15-21(2)18(23)17-19(24)22(21,3)16-13-10-8-11-14-20(25)26/h9,12,18,23H,4-8,10-11,13-17H2,1-3H3,(H,25,26)/b12-9+/t18-,21+,22+/m1/s1. The first-order chi connectivity index (χ1) is 12.3. The van der Waals surface area contributed by atoms with Gasteiger partial charge in [-0.15, -0.1) is 0 Å².